The van der Waals surface area contributed by atoms with Crippen LogP contribution in [0.15, 0.2) is 95.4 Å². The Morgan fingerprint density at radius 1 is 0.431 bits per heavy atom. The van der Waals surface area contributed by atoms with E-state index in [0.717, 1.165) is 28.4 Å². The molecular formula is C61H67BN2O. The normalized spacial score (nSPS) is 20.8. The fraction of sp³-hybridized carbons (Fsp3) is 0.410. The summed E-state index contributed by atoms with van der Waals surface area (Å²) in [6, 6.07) is 36.3. The van der Waals surface area contributed by atoms with E-state index in [2.05, 4.69) is 198 Å². The molecular weight excluding hydrogens is 787 g/mol. The molecule has 4 heteroatoms. The van der Waals surface area contributed by atoms with Gasteiger partial charge in [-0.3, -0.25) is 0 Å². The number of nitrogens with zero attached hydrogens (tertiary/aromatic N) is 2. The average Bonchev–Trinajstić information content (AvgIpc) is 3.69. The highest BCUT2D eigenvalue weighted by molar-refractivity contribution is 7.00. The molecule has 3 aliphatic carbocycles. The van der Waals surface area contributed by atoms with Crippen LogP contribution < -0.4 is 26.2 Å². The number of rotatable bonds is 2. The SMILES string of the molecule is Cc1cc2c3c(c1)N(c1cc4c(cc1C)C(C)(C)CCC4(C)C)c1cc4c(cc1B3c1cc3c(cc1N2c1ccc2oc5ccccc5c2c1)C(C)(C)CCC3(C)C)C(C)(C)CC4(C)C. The molecule has 0 saturated carbocycles. The highest BCUT2D eigenvalue weighted by atomic mass is 16.3. The largest absolute Gasteiger partial charge is 0.456 e. The standard InChI is InChI=1S/C61H67BN2O/c1-35-25-51-55-52(26-35)64(48-31-43-40(27-36(48)2)56(3,4)21-23-58(43,7)8)50-33-45-42(60(11,12)34-61(45,13)14)30-47(50)62(55)46-29-41-44(59(9,10)24-22-57(41,5)6)32-49(46)63(51)37-19-20-54-39(28-37)38-17-15-16-18-53(38)65-54/h15-20,25-33H,21-24,34H2,1-14H3. The molecule has 7 aromatic rings. The van der Waals surface area contributed by atoms with E-state index in [0.29, 0.717) is 0 Å². The number of hydrogen-bond acceptors (Lipinski definition) is 3. The van der Waals surface area contributed by atoms with Crippen LogP contribution in [0.4, 0.5) is 34.1 Å². The lowest BCUT2D eigenvalue weighted by Gasteiger charge is -2.48. The van der Waals surface area contributed by atoms with E-state index in [9.17, 15) is 0 Å². The Labute approximate surface area is 388 Å². The highest BCUT2D eigenvalue weighted by Crippen LogP contribution is 2.56. The van der Waals surface area contributed by atoms with Gasteiger partial charge in [-0.05, 0) is 194 Å². The van der Waals surface area contributed by atoms with Gasteiger partial charge in [0.15, 0.2) is 0 Å². The molecule has 0 unspecified atom stereocenters. The molecule has 12 rings (SSSR count). The number of aryl methyl sites for hydroxylation is 2. The van der Waals surface area contributed by atoms with Crippen molar-refractivity contribution in [3.63, 3.8) is 0 Å². The second-order valence-corrected chi connectivity index (χ2v) is 25.2. The molecule has 3 nitrogen and oxygen atoms in total. The van der Waals surface area contributed by atoms with Gasteiger partial charge in [0.1, 0.15) is 11.2 Å². The minimum absolute atomic E-state index is 0.0539. The van der Waals surface area contributed by atoms with Crippen molar-refractivity contribution in [2.45, 2.75) is 162 Å². The molecule has 0 amide bonds. The first kappa shape index (κ1) is 41.2. The Bertz CT molecular complexity index is 3240. The van der Waals surface area contributed by atoms with Crippen molar-refractivity contribution in [1.82, 2.24) is 0 Å². The molecule has 0 saturated heterocycles. The van der Waals surface area contributed by atoms with Crippen LogP contribution in [0, 0.1) is 13.8 Å². The number of anilines is 6. The van der Waals surface area contributed by atoms with Crippen LogP contribution in [-0.4, -0.2) is 6.71 Å². The zero-order valence-corrected chi connectivity index (χ0v) is 41.6. The Kier molecular flexibility index (Phi) is 8.13. The van der Waals surface area contributed by atoms with E-state index in [1.54, 1.807) is 0 Å². The van der Waals surface area contributed by atoms with E-state index in [1.165, 1.54) is 121 Å². The molecule has 6 aromatic carbocycles. The zero-order chi connectivity index (χ0) is 45.7. The number of furan rings is 1. The molecule has 2 aliphatic heterocycles. The van der Waals surface area contributed by atoms with Crippen molar-refractivity contribution < 1.29 is 4.42 Å². The van der Waals surface area contributed by atoms with Gasteiger partial charge in [0.25, 0.3) is 6.71 Å². The Morgan fingerprint density at radius 3 is 1.49 bits per heavy atom. The van der Waals surface area contributed by atoms with Crippen molar-refractivity contribution in [2.24, 2.45) is 0 Å². The van der Waals surface area contributed by atoms with Gasteiger partial charge < -0.3 is 14.2 Å². The molecule has 5 aliphatic rings. The third-order valence-corrected chi connectivity index (χ3v) is 17.7. The van der Waals surface area contributed by atoms with E-state index in [1.807, 2.05) is 0 Å². The van der Waals surface area contributed by atoms with Gasteiger partial charge in [-0.15, -0.1) is 0 Å². The number of hydrogen-bond donors (Lipinski definition) is 0. The summed E-state index contributed by atoms with van der Waals surface area (Å²) in [5.41, 5.74) is 26.0. The third kappa shape index (κ3) is 5.67. The molecule has 1 aromatic heterocycles. The highest BCUT2D eigenvalue weighted by Gasteiger charge is 2.50. The Hall–Kier alpha value is -5.22. The predicted molar refractivity (Wildman–Crippen MR) is 278 cm³/mol. The maximum Gasteiger partial charge on any atom is 0.252 e. The molecule has 330 valence electrons. The first-order valence-electron chi connectivity index (χ1n) is 24.7. The van der Waals surface area contributed by atoms with E-state index >= 15 is 0 Å². The lowest BCUT2D eigenvalue weighted by Crippen LogP contribution is -2.62. The first-order valence-corrected chi connectivity index (χ1v) is 24.7. The Morgan fingerprint density at radius 2 is 0.892 bits per heavy atom. The molecule has 0 bridgehead atoms. The summed E-state index contributed by atoms with van der Waals surface area (Å²) in [4.78, 5) is 5.37. The second kappa shape index (κ2) is 12.8. The molecule has 0 N–H and O–H groups in total. The summed E-state index contributed by atoms with van der Waals surface area (Å²) < 4.78 is 6.46. The average molecular weight is 855 g/mol. The van der Waals surface area contributed by atoms with Gasteiger partial charge in [0.2, 0.25) is 0 Å². The maximum atomic E-state index is 6.46. The summed E-state index contributed by atoms with van der Waals surface area (Å²) >= 11 is 0. The van der Waals surface area contributed by atoms with E-state index < -0.39 is 0 Å². The molecule has 0 atom stereocenters. The van der Waals surface area contributed by atoms with Gasteiger partial charge in [0.05, 0.1) is 0 Å². The lowest BCUT2D eigenvalue weighted by atomic mass is 9.32. The third-order valence-electron chi connectivity index (χ3n) is 17.7. The van der Waals surface area contributed by atoms with E-state index in [4.69, 9.17) is 4.42 Å². The smallest absolute Gasteiger partial charge is 0.252 e. The van der Waals surface area contributed by atoms with Crippen LogP contribution in [0.1, 0.15) is 160 Å². The van der Waals surface area contributed by atoms with Gasteiger partial charge in [-0.1, -0.05) is 119 Å². The minimum atomic E-state index is 0.0539. The molecule has 0 radical (unpaired) electrons. The van der Waals surface area contributed by atoms with E-state index in [-0.39, 0.29) is 39.2 Å². The Balaban J connectivity index is 1.22. The van der Waals surface area contributed by atoms with Crippen LogP contribution in [0.5, 0.6) is 0 Å². The van der Waals surface area contributed by atoms with Crippen molar-refractivity contribution in [3.8, 4) is 0 Å². The van der Waals surface area contributed by atoms with Crippen molar-refractivity contribution >= 4 is 79.2 Å². The summed E-state index contributed by atoms with van der Waals surface area (Å²) in [6.45, 7) is 34.5. The summed E-state index contributed by atoms with van der Waals surface area (Å²) in [5.74, 6) is 0. The second-order valence-electron chi connectivity index (χ2n) is 25.2. The fourth-order valence-corrected chi connectivity index (χ4v) is 14.0. The monoisotopic (exact) mass is 855 g/mol. The summed E-state index contributed by atoms with van der Waals surface area (Å²) in [6.07, 6.45) is 5.87. The fourth-order valence-electron chi connectivity index (χ4n) is 14.0. The van der Waals surface area contributed by atoms with Crippen LogP contribution in [0.2, 0.25) is 0 Å². The van der Waals surface area contributed by atoms with Crippen LogP contribution >= 0.6 is 0 Å². The van der Waals surface area contributed by atoms with Gasteiger partial charge in [-0.25, -0.2) is 0 Å². The van der Waals surface area contributed by atoms with Crippen molar-refractivity contribution in [1.29, 1.82) is 0 Å². The summed E-state index contributed by atoms with van der Waals surface area (Å²) in [7, 11) is 0. The predicted octanol–water partition coefficient (Wildman–Crippen LogP) is 14.9. The number of fused-ring (bicyclic) bond motifs is 10. The first-order chi connectivity index (χ1) is 30.5. The maximum absolute atomic E-state index is 6.46. The topological polar surface area (TPSA) is 19.6 Å². The lowest BCUT2D eigenvalue weighted by molar-refractivity contribution is 0.332. The zero-order valence-electron chi connectivity index (χ0n) is 41.6. The summed E-state index contributed by atoms with van der Waals surface area (Å²) in [5, 5.41) is 2.32. The van der Waals surface area contributed by atoms with Gasteiger partial charge >= 0.3 is 0 Å². The quantitative estimate of drug-likeness (QED) is 0.162. The van der Waals surface area contributed by atoms with Crippen molar-refractivity contribution in [3.05, 3.63) is 136 Å². The number of benzene rings is 6. The molecule has 3 heterocycles. The van der Waals surface area contributed by atoms with Crippen LogP contribution in [0.3, 0.4) is 0 Å². The van der Waals surface area contributed by atoms with Crippen molar-refractivity contribution in [2.75, 3.05) is 9.80 Å². The van der Waals surface area contributed by atoms with Gasteiger partial charge in [-0.2, -0.15) is 0 Å². The molecule has 0 fully saturated rings. The molecule has 0 spiro atoms. The van der Waals surface area contributed by atoms with Crippen LogP contribution in [0.25, 0.3) is 21.9 Å². The van der Waals surface area contributed by atoms with Gasteiger partial charge in [0, 0.05) is 44.9 Å². The number of para-hydroxylation sites is 1. The van der Waals surface area contributed by atoms with Crippen LogP contribution in [-0.2, 0) is 32.5 Å². The minimum Gasteiger partial charge on any atom is -0.456 e. The molecule has 65 heavy (non-hydrogen) atoms.